The molecule has 4 heteroatoms. The second-order valence-electron chi connectivity index (χ2n) is 7.94. The van der Waals surface area contributed by atoms with E-state index in [0.717, 1.165) is 29.1 Å². The van der Waals surface area contributed by atoms with Gasteiger partial charge in [-0.25, -0.2) is 9.97 Å². The van der Waals surface area contributed by atoms with Crippen LogP contribution in [0.4, 0.5) is 0 Å². The van der Waals surface area contributed by atoms with Gasteiger partial charge in [0.15, 0.2) is 5.82 Å². The zero-order valence-corrected chi connectivity index (χ0v) is 15.4. The van der Waals surface area contributed by atoms with E-state index in [2.05, 4.69) is 54.7 Å². The van der Waals surface area contributed by atoms with Gasteiger partial charge in [-0.15, -0.1) is 11.3 Å². The Hall–Kier alpha value is -1.26. The standard InChI is InChI=1S/C19H27N3S/c1-14-10-15(19(2,3)4)12-22(11-14)13-16-6-7-17(23-16)18-20-8-5-9-21-18/h5-9,14-15H,10-13H2,1-4H3. The summed E-state index contributed by atoms with van der Waals surface area (Å²) in [4.78, 5) is 13.9. The van der Waals surface area contributed by atoms with Gasteiger partial charge in [0, 0.05) is 36.9 Å². The van der Waals surface area contributed by atoms with Gasteiger partial charge < -0.3 is 0 Å². The molecule has 1 aliphatic heterocycles. The lowest BCUT2D eigenvalue weighted by molar-refractivity contribution is 0.0641. The smallest absolute Gasteiger partial charge is 0.169 e. The Labute approximate surface area is 143 Å². The quantitative estimate of drug-likeness (QED) is 0.816. The molecule has 1 fully saturated rings. The number of hydrogen-bond donors (Lipinski definition) is 0. The topological polar surface area (TPSA) is 29.0 Å². The van der Waals surface area contributed by atoms with Crippen molar-refractivity contribution in [2.24, 2.45) is 17.3 Å². The van der Waals surface area contributed by atoms with Crippen molar-refractivity contribution < 1.29 is 0 Å². The summed E-state index contributed by atoms with van der Waals surface area (Å²) in [6.45, 7) is 13.0. The molecule has 0 bridgehead atoms. The molecule has 2 atom stereocenters. The number of thiophene rings is 1. The third-order valence-corrected chi connectivity index (χ3v) is 5.85. The predicted octanol–water partition coefficient (Wildman–Crippen LogP) is 4.71. The fourth-order valence-electron chi connectivity index (χ4n) is 3.45. The minimum Gasteiger partial charge on any atom is -0.298 e. The summed E-state index contributed by atoms with van der Waals surface area (Å²) < 4.78 is 0. The van der Waals surface area contributed by atoms with Crippen molar-refractivity contribution in [1.29, 1.82) is 0 Å². The fraction of sp³-hybridized carbons (Fsp3) is 0.579. The Balaban J connectivity index is 1.68. The number of rotatable bonds is 3. The highest BCUT2D eigenvalue weighted by Gasteiger charge is 2.32. The van der Waals surface area contributed by atoms with Gasteiger partial charge in [0.1, 0.15) is 0 Å². The van der Waals surface area contributed by atoms with Gasteiger partial charge in [-0.1, -0.05) is 27.7 Å². The molecule has 3 heterocycles. The lowest BCUT2D eigenvalue weighted by atomic mass is 9.74. The lowest BCUT2D eigenvalue weighted by Crippen LogP contribution is -2.43. The number of likely N-dealkylation sites (tertiary alicyclic amines) is 1. The van der Waals surface area contributed by atoms with Crippen molar-refractivity contribution >= 4 is 11.3 Å². The summed E-state index contributed by atoms with van der Waals surface area (Å²) in [5.41, 5.74) is 0.394. The first-order valence-electron chi connectivity index (χ1n) is 8.50. The Morgan fingerprint density at radius 3 is 2.61 bits per heavy atom. The highest BCUT2D eigenvalue weighted by molar-refractivity contribution is 7.15. The van der Waals surface area contributed by atoms with E-state index in [1.54, 1.807) is 0 Å². The van der Waals surface area contributed by atoms with Gasteiger partial charge in [0.05, 0.1) is 4.88 Å². The lowest BCUT2D eigenvalue weighted by Gasteiger charge is -2.42. The van der Waals surface area contributed by atoms with Crippen LogP contribution >= 0.6 is 11.3 Å². The maximum absolute atomic E-state index is 4.35. The first-order chi connectivity index (χ1) is 10.9. The van der Waals surface area contributed by atoms with Crippen molar-refractivity contribution in [1.82, 2.24) is 14.9 Å². The Bertz CT molecular complexity index is 630. The molecule has 0 aromatic carbocycles. The molecule has 2 unspecified atom stereocenters. The molecule has 0 N–H and O–H groups in total. The minimum atomic E-state index is 0.394. The summed E-state index contributed by atoms with van der Waals surface area (Å²) in [6, 6.07) is 6.26. The average Bonchev–Trinajstić information content (AvgIpc) is 2.95. The van der Waals surface area contributed by atoms with E-state index in [9.17, 15) is 0 Å². The average molecular weight is 330 g/mol. The van der Waals surface area contributed by atoms with E-state index in [4.69, 9.17) is 0 Å². The van der Waals surface area contributed by atoms with Crippen LogP contribution in [0.2, 0.25) is 0 Å². The number of piperidine rings is 1. The molecule has 1 aliphatic rings. The summed E-state index contributed by atoms with van der Waals surface area (Å²) >= 11 is 1.82. The molecule has 3 rings (SSSR count). The van der Waals surface area contributed by atoms with Crippen LogP contribution in [0.1, 0.15) is 39.0 Å². The third kappa shape index (κ3) is 4.18. The van der Waals surface area contributed by atoms with Crippen molar-refractivity contribution in [3.63, 3.8) is 0 Å². The molecule has 2 aromatic heterocycles. The number of aromatic nitrogens is 2. The van der Waals surface area contributed by atoms with Crippen LogP contribution in [0.5, 0.6) is 0 Å². The third-order valence-electron chi connectivity index (χ3n) is 4.79. The van der Waals surface area contributed by atoms with Crippen LogP contribution in [0.15, 0.2) is 30.6 Å². The maximum atomic E-state index is 4.35. The van der Waals surface area contributed by atoms with Crippen LogP contribution in [-0.4, -0.2) is 28.0 Å². The highest BCUT2D eigenvalue weighted by Crippen LogP contribution is 2.36. The van der Waals surface area contributed by atoms with E-state index < -0.39 is 0 Å². The summed E-state index contributed by atoms with van der Waals surface area (Å²) in [5.74, 6) is 2.40. The molecule has 0 aliphatic carbocycles. The van der Waals surface area contributed by atoms with Gasteiger partial charge >= 0.3 is 0 Å². The van der Waals surface area contributed by atoms with Crippen LogP contribution in [0.25, 0.3) is 10.7 Å². The molecular formula is C19H27N3S. The first kappa shape index (κ1) is 16.6. The van der Waals surface area contributed by atoms with E-state index in [1.165, 1.54) is 24.4 Å². The van der Waals surface area contributed by atoms with Gasteiger partial charge in [-0.3, -0.25) is 4.90 Å². The van der Waals surface area contributed by atoms with Crippen LogP contribution in [0, 0.1) is 17.3 Å². The Kier molecular flexibility index (Phi) is 4.83. The van der Waals surface area contributed by atoms with Crippen LogP contribution < -0.4 is 0 Å². The molecule has 0 saturated carbocycles. The summed E-state index contributed by atoms with van der Waals surface area (Å²) in [5, 5.41) is 0. The van der Waals surface area contributed by atoms with Crippen molar-refractivity contribution in [2.75, 3.05) is 13.1 Å². The van der Waals surface area contributed by atoms with Gasteiger partial charge in [-0.2, -0.15) is 0 Å². The van der Waals surface area contributed by atoms with E-state index >= 15 is 0 Å². The van der Waals surface area contributed by atoms with Gasteiger partial charge in [0.2, 0.25) is 0 Å². The predicted molar refractivity (Wildman–Crippen MR) is 97.3 cm³/mol. The zero-order chi connectivity index (χ0) is 16.4. The maximum Gasteiger partial charge on any atom is 0.169 e. The Morgan fingerprint density at radius 1 is 1.17 bits per heavy atom. The Morgan fingerprint density at radius 2 is 1.91 bits per heavy atom. The first-order valence-corrected chi connectivity index (χ1v) is 9.32. The minimum absolute atomic E-state index is 0.394. The molecule has 1 saturated heterocycles. The molecule has 3 nitrogen and oxygen atoms in total. The second-order valence-corrected chi connectivity index (χ2v) is 9.10. The monoisotopic (exact) mass is 329 g/mol. The molecule has 0 amide bonds. The number of nitrogens with zero attached hydrogens (tertiary/aromatic N) is 3. The molecule has 2 aromatic rings. The molecule has 23 heavy (non-hydrogen) atoms. The summed E-state index contributed by atoms with van der Waals surface area (Å²) in [6.07, 6.45) is 4.97. The molecule has 0 spiro atoms. The van der Waals surface area contributed by atoms with E-state index in [-0.39, 0.29) is 0 Å². The van der Waals surface area contributed by atoms with Crippen molar-refractivity contribution in [2.45, 2.75) is 40.7 Å². The van der Waals surface area contributed by atoms with E-state index in [1.807, 2.05) is 29.8 Å². The number of hydrogen-bond acceptors (Lipinski definition) is 4. The molecular weight excluding hydrogens is 302 g/mol. The highest BCUT2D eigenvalue weighted by atomic mass is 32.1. The van der Waals surface area contributed by atoms with Crippen LogP contribution in [0.3, 0.4) is 0 Å². The van der Waals surface area contributed by atoms with E-state index in [0.29, 0.717) is 5.41 Å². The summed E-state index contributed by atoms with van der Waals surface area (Å²) in [7, 11) is 0. The normalized spacial score (nSPS) is 23.1. The molecule has 124 valence electrons. The second kappa shape index (κ2) is 6.70. The van der Waals surface area contributed by atoms with Gasteiger partial charge in [-0.05, 0) is 41.9 Å². The molecule has 0 radical (unpaired) electrons. The zero-order valence-electron chi connectivity index (χ0n) is 14.6. The van der Waals surface area contributed by atoms with Crippen molar-refractivity contribution in [3.05, 3.63) is 35.5 Å². The van der Waals surface area contributed by atoms with Crippen molar-refractivity contribution in [3.8, 4) is 10.7 Å². The fourth-order valence-corrected chi connectivity index (χ4v) is 4.45. The van der Waals surface area contributed by atoms with Gasteiger partial charge in [0.25, 0.3) is 0 Å². The van der Waals surface area contributed by atoms with Crippen LogP contribution in [-0.2, 0) is 6.54 Å². The largest absolute Gasteiger partial charge is 0.298 e. The SMILES string of the molecule is CC1CC(C(C)(C)C)CN(Cc2ccc(-c3ncccn3)s2)C1.